The highest BCUT2D eigenvalue weighted by molar-refractivity contribution is 5.93. The molecule has 0 radical (unpaired) electrons. The second-order valence-electron chi connectivity index (χ2n) is 3.95. The summed E-state index contributed by atoms with van der Waals surface area (Å²) in [5.74, 6) is -0.541. The van der Waals surface area contributed by atoms with Crippen molar-refractivity contribution < 1.29 is 24.2 Å². The minimum Gasteiger partial charge on any atom is -0.497 e. The van der Waals surface area contributed by atoms with Crippen LogP contribution in [0, 0.1) is 0 Å². The van der Waals surface area contributed by atoms with E-state index in [-0.39, 0.29) is 11.1 Å². The van der Waals surface area contributed by atoms with Crippen LogP contribution in [0.15, 0.2) is 48.5 Å². The highest BCUT2D eigenvalue weighted by Gasteiger charge is 2.10. The van der Waals surface area contributed by atoms with Crippen LogP contribution in [0.4, 0.5) is 0 Å². The lowest BCUT2D eigenvalue weighted by molar-refractivity contribution is 0.0691. The summed E-state index contributed by atoms with van der Waals surface area (Å²) in [7, 11) is 1.55. The van der Waals surface area contributed by atoms with Crippen LogP contribution in [0.3, 0.4) is 0 Å². The predicted molar refractivity (Wildman–Crippen MR) is 71.4 cm³/mol. The third-order valence-electron chi connectivity index (χ3n) is 2.64. The molecular weight excluding hydrogens is 260 g/mol. The molecule has 0 aromatic heterocycles. The van der Waals surface area contributed by atoms with Crippen molar-refractivity contribution >= 4 is 11.9 Å². The molecule has 2 aromatic carbocycles. The zero-order valence-electron chi connectivity index (χ0n) is 10.7. The molecule has 0 spiro atoms. The Balaban J connectivity index is 2.08. The monoisotopic (exact) mass is 272 g/mol. The van der Waals surface area contributed by atoms with Crippen LogP contribution in [-0.2, 0) is 0 Å². The highest BCUT2D eigenvalue weighted by atomic mass is 16.5. The van der Waals surface area contributed by atoms with Gasteiger partial charge in [-0.05, 0) is 48.5 Å². The van der Waals surface area contributed by atoms with Gasteiger partial charge in [0, 0.05) is 0 Å². The van der Waals surface area contributed by atoms with E-state index < -0.39 is 11.9 Å². The molecule has 0 unspecified atom stereocenters. The predicted octanol–water partition coefficient (Wildman–Crippen LogP) is 2.61. The normalized spacial score (nSPS) is 9.85. The van der Waals surface area contributed by atoms with Gasteiger partial charge in [0.1, 0.15) is 11.5 Å². The lowest BCUT2D eigenvalue weighted by Gasteiger charge is -2.05. The van der Waals surface area contributed by atoms with Crippen molar-refractivity contribution in [2.24, 2.45) is 0 Å². The molecule has 1 N–H and O–H groups in total. The van der Waals surface area contributed by atoms with Gasteiger partial charge in [-0.2, -0.15) is 0 Å². The first-order valence-corrected chi connectivity index (χ1v) is 5.80. The molecule has 0 saturated carbocycles. The Hall–Kier alpha value is -2.82. The first-order valence-electron chi connectivity index (χ1n) is 5.80. The van der Waals surface area contributed by atoms with E-state index in [1.54, 1.807) is 31.4 Å². The van der Waals surface area contributed by atoms with Crippen molar-refractivity contribution in [3.63, 3.8) is 0 Å². The summed E-state index contributed by atoms with van der Waals surface area (Å²) in [4.78, 5) is 22.6. The summed E-state index contributed by atoms with van der Waals surface area (Å²) in [5, 5.41) is 8.77. The number of aromatic carboxylic acids is 1. The molecule has 0 aliphatic rings. The maximum atomic E-state index is 11.8. The zero-order chi connectivity index (χ0) is 14.5. The summed E-state index contributed by atoms with van der Waals surface area (Å²) in [6, 6.07) is 12.1. The Morgan fingerprint density at radius 2 is 1.35 bits per heavy atom. The van der Waals surface area contributed by atoms with Gasteiger partial charge in [0.05, 0.1) is 18.2 Å². The van der Waals surface area contributed by atoms with E-state index in [2.05, 4.69) is 0 Å². The van der Waals surface area contributed by atoms with Crippen molar-refractivity contribution in [1.29, 1.82) is 0 Å². The van der Waals surface area contributed by atoms with Crippen LogP contribution in [0.5, 0.6) is 11.5 Å². The molecule has 2 rings (SSSR count). The van der Waals surface area contributed by atoms with Gasteiger partial charge in [-0.25, -0.2) is 9.59 Å². The fourth-order valence-electron chi connectivity index (χ4n) is 1.56. The van der Waals surface area contributed by atoms with Gasteiger partial charge < -0.3 is 14.6 Å². The third kappa shape index (κ3) is 3.14. The van der Waals surface area contributed by atoms with Crippen LogP contribution in [0.2, 0.25) is 0 Å². The smallest absolute Gasteiger partial charge is 0.343 e. The first kappa shape index (κ1) is 13.6. The number of carboxylic acids is 1. The summed E-state index contributed by atoms with van der Waals surface area (Å²) in [6.45, 7) is 0. The number of carboxylic acid groups (broad SMARTS) is 1. The Kier molecular flexibility index (Phi) is 4.00. The third-order valence-corrected chi connectivity index (χ3v) is 2.64. The molecule has 2 aromatic rings. The second-order valence-corrected chi connectivity index (χ2v) is 3.95. The molecule has 5 heteroatoms. The topological polar surface area (TPSA) is 72.8 Å². The van der Waals surface area contributed by atoms with Crippen LogP contribution >= 0.6 is 0 Å². The zero-order valence-corrected chi connectivity index (χ0v) is 10.7. The van der Waals surface area contributed by atoms with Gasteiger partial charge >= 0.3 is 11.9 Å². The van der Waals surface area contributed by atoms with Crippen molar-refractivity contribution in [1.82, 2.24) is 0 Å². The van der Waals surface area contributed by atoms with Gasteiger partial charge in [0.2, 0.25) is 0 Å². The SMILES string of the molecule is COc1ccc(OC(=O)c2ccc(C(=O)O)cc2)cc1. The summed E-state index contributed by atoms with van der Waals surface area (Å²) < 4.78 is 10.2. The Morgan fingerprint density at radius 3 is 1.85 bits per heavy atom. The molecule has 20 heavy (non-hydrogen) atoms. The average Bonchev–Trinajstić information content (AvgIpc) is 2.48. The van der Waals surface area contributed by atoms with E-state index in [0.717, 1.165) is 0 Å². The molecular formula is C15H12O5. The number of hydrogen-bond donors (Lipinski definition) is 1. The lowest BCUT2D eigenvalue weighted by atomic mass is 10.1. The van der Waals surface area contributed by atoms with Crippen LogP contribution in [0.25, 0.3) is 0 Å². The van der Waals surface area contributed by atoms with Crippen molar-refractivity contribution in [2.75, 3.05) is 7.11 Å². The van der Waals surface area contributed by atoms with Gasteiger partial charge in [-0.3, -0.25) is 0 Å². The van der Waals surface area contributed by atoms with Crippen LogP contribution < -0.4 is 9.47 Å². The molecule has 102 valence electrons. The second kappa shape index (κ2) is 5.88. The maximum Gasteiger partial charge on any atom is 0.343 e. The lowest BCUT2D eigenvalue weighted by Crippen LogP contribution is -2.09. The average molecular weight is 272 g/mol. The Morgan fingerprint density at radius 1 is 0.850 bits per heavy atom. The van der Waals surface area contributed by atoms with Crippen molar-refractivity contribution in [3.8, 4) is 11.5 Å². The minimum atomic E-state index is -1.04. The van der Waals surface area contributed by atoms with Gasteiger partial charge in [-0.1, -0.05) is 0 Å². The molecule has 5 nitrogen and oxygen atoms in total. The molecule has 0 amide bonds. The number of rotatable bonds is 4. The molecule has 0 atom stereocenters. The molecule has 0 bridgehead atoms. The largest absolute Gasteiger partial charge is 0.497 e. The van der Waals surface area contributed by atoms with Gasteiger partial charge in [-0.15, -0.1) is 0 Å². The highest BCUT2D eigenvalue weighted by Crippen LogP contribution is 2.18. The van der Waals surface area contributed by atoms with E-state index in [4.69, 9.17) is 14.6 Å². The quantitative estimate of drug-likeness (QED) is 0.684. The fraction of sp³-hybridized carbons (Fsp3) is 0.0667. The van der Waals surface area contributed by atoms with Crippen molar-refractivity contribution in [3.05, 3.63) is 59.7 Å². The molecule has 0 aliphatic heterocycles. The Bertz CT molecular complexity index is 614. The summed E-state index contributed by atoms with van der Waals surface area (Å²) in [6.07, 6.45) is 0. The van der Waals surface area contributed by atoms with Crippen LogP contribution in [0.1, 0.15) is 20.7 Å². The van der Waals surface area contributed by atoms with Gasteiger partial charge in [0.15, 0.2) is 0 Å². The van der Waals surface area contributed by atoms with Crippen molar-refractivity contribution in [2.45, 2.75) is 0 Å². The molecule has 0 saturated heterocycles. The van der Waals surface area contributed by atoms with Crippen LogP contribution in [-0.4, -0.2) is 24.2 Å². The summed E-state index contributed by atoms with van der Waals surface area (Å²) in [5.41, 5.74) is 0.400. The number of carbonyl (C=O) groups is 2. The summed E-state index contributed by atoms with van der Waals surface area (Å²) >= 11 is 0. The van der Waals surface area contributed by atoms with E-state index in [9.17, 15) is 9.59 Å². The minimum absolute atomic E-state index is 0.117. The maximum absolute atomic E-state index is 11.8. The molecule has 0 aliphatic carbocycles. The van der Waals surface area contributed by atoms with E-state index in [0.29, 0.717) is 11.5 Å². The number of carbonyl (C=O) groups excluding carboxylic acids is 1. The van der Waals surface area contributed by atoms with E-state index in [1.807, 2.05) is 0 Å². The molecule has 0 fully saturated rings. The fourth-order valence-corrected chi connectivity index (χ4v) is 1.56. The number of esters is 1. The number of methoxy groups -OCH3 is 1. The standard InChI is InChI=1S/C15H12O5/c1-19-12-6-8-13(9-7-12)20-15(18)11-4-2-10(3-5-11)14(16)17/h2-9H,1H3,(H,16,17). The number of benzene rings is 2. The van der Waals surface area contributed by atoms with Gasteiger partial charge in [0.25, 0.3) is 0 Å². The first-order chi connectivity index (χ1) is 9.60. The van der Waals surface area contributed by atoms with E-state index in [1.165, 1.54) is 24.3 Å². The van der Waals surface area contributed by atoms with E-state index >= 15 is 0 Å². The number of hydrogen-bond acceptors (Lipinski definition) is 4. The number of ether oxygens (including phenoxy) is 2. The molecule has 0 heterocycles. The Labute approximate surface area is 115 Å².